The number of hydrogen-bond donors (Lipinski definition) is 1. The van der Waals surface area contributed by atoms with Crippen molar-refractivity contribution < 1.29 is 19.1 Å². The van der Waals surface area contributed by atoms with Gasteiger partial charge in [-0.15, -0.1) is 0 Å². The van der Waals surface area contributed by atoms with E-state index in [0.717, 1.165) is 7.11 Å². The Morgan fingerprint density at radius 3 is 2.73 bits per heavy atom. The van der Waals surface area contributed by atoms with Gasteiger partial charge in [-0.2, -0.15) is 0 Å². The predicted octanol–water partition coefficient (Wildman–Crippen LogP) is 3.41. The maximum Gasteiger partial charge on any atom is 0.362 e. The fourth-order valence-corrected chi connectivity index (χ4v) is 2.71. The number of nitrogens with zero attached hydrogens (tertiary/aromatic N) is 3. The van der Waals surface area contributed by atoms with E-state index >= 15 is 0 Å². The Morgan fingerprint density at radius 1 is 1.27 bits per heavy atom. The van der Waals surface area contributed by atoms with E-state index in [1.165, 1.54) is 6.07 Å². The second-order valence-electron chi connectivity index (χ2n) is 5.30. The largest absolute Gasteiger partial charge is 0.464 e. The lowest BCUT2D eigenvalue weighted by Crippen LogP contribution is -2.27. The highest BCUT2D eigenvalue weighted by Gasteiger charge is 2.25. The molecule has 1 N–H and O–H groups in total. The minimum Gasteiger partial charge on any atom is -0.464 e. The van der Waals surface area contributed by atoms with Gasteiger partial charge in [0.25, 0.3) is 0 Å². The average molecular weight is 374 g/mol. The maximum atomic E-state index is 14.3. The van der Waals surface area contributed by atoms with Crippen molar-refractivity contribution in [2.24, 2.45) is 15.1 Å². The third-order valence-electron chi connectivity index (χ3n) is 3.74. The highest BCUT2D eigenvalue weighted by molar-refractivity contribution is 6.66. The number of carbonyl (C=O) groups is 1. The Kier molecular flexibility index (Phi) is 5.09. The van der Waals surface area contributed by atoms with E-state index in [0.29, 0.717) is 22.0 Å². The van der Waals surface area contributed by atoms with Crippen molar-refractivity contribution in [2.75, 3.05) is 13.7 Å². The molecule has 132 valence electrons. The second kappa shape index (κ2) is 7.45. The molecular weight excluding hydrogens is 361 g/mol. The van der Waals surface area contributed by atoms with Crippen molar-refractivity contribution in [3.8, 4) is 0 Å². The number of carbonyl (C=O) groups excluding carboxylic acids is 1. The summed E-state index contributed by atoms with van der Waals surface area (Å²) in [5.74, 6) is -1.31. The molecule has 1 aliphatic heterocycles. The van der Waals surface area contributed by atoms with Crippen LogP contribution in [0.1, 0.15) is 11.1 Å². The van der Waals surface area contributed by atoms with Crippen molar-refractivity contribution in [1.29, 1.82) is 0 Å². The number of methoxy groups -OCH3 is 1. The third-order valence-corrected chi connectivity index (χ3v) is 3.97. The normalized spacial score (nSPS) is 14.0. The fourth-order valence-electron chi connectivity index (χ4n) is 2.54. The van der Waals surface area contributed by atoms with E-state index in [1.807, 2.05) is 0 Å². The zero-order chi connectivity index (χ0) is 18.7. The van der Waals surface area contributed by atoms with Gasteiger partial charge >= 0.3 is 5.97 Å². The first-order valence-electron chi connectivity index (χ1n) is 7.52. The zero-order valence-corrected chi connectivity index (χ0v) is 14.4. The van der Waals surface area contributed by atoms with Crippen LogP contribution in [-0.2, 0) is 9.53 Å². The zero-order valence-electron chi connectivity index (χ0n) is 13.6. The number of aliphatic imine (C=N–C) groups is 2. The first-order chi connectivity index (χ1) is 12.5. The van der Waals surface area contributed by atoms with Gasteiger partial charge in [-0.05, 0) is 30.3 Å². The summed E-state index contributed by atoms with van der Waals surface area (Å²) < 4.78 is 18.9. The summed E-state index contributed by atoms with van der Waals surface area (Å²) in [6, 6.07) is 11.0. The molecule has 1 aliphatic rings. The summed E-state index contributed by atoms with van der Waals surface area (Å²) in [7, 11) is 1.16. The molecule has 0 spiro atoms. The number of fused-ring (bicyclic) bond motifs is 1. The Hall–Kier alpha value is -3.06. The molecule has 2 aromatic rings. The van der Waals surface area contributed by atoms with Gasteiger partial charge < -0.3 is 9.94 Å². The Bertz CT molecular complexity index is 970. The van der Waals surface area contributed by atoms with Gasteiger partial charge in [-0.25, -0.2) is 14.2 Å². The van der Waals surface area contributed by atoms with Crippen LogP contribution in [0.5, 0.6) is 0 Å². The predicted molar refractivity (Wildman–Crippen MR) is 96.7 cm³/mol. The number of oxime groups is 1. The molecule has 0 fully saturated rings. The van der Waals surface area contributed by atoms with Crippen molar-refractivity contribution in [3.05, 3.63) is 64.4 Å². The maximum absolute atomic E-state index is 14.3. The van der Waals surface area contributed by atoms with Gasteiger partial charge in [0.15, 0.2) is 0 Å². The fraction of sp³-hybridized carbons (Fsp3) is 0.111. The van der Waals surface area contributed by atoms with Crippen LogP contribution in [-0.4, -0.2) is 42.0 Å². The first kappa shape index (κ1) is 17.8. The summed E-state index contributed by atoms with van der Waals surface area (Å²) in [5.41, 5.74) is 1.24. The minimum absolute atomic E-state index is 0.0919. The van der Waals surface area contributed by atoms with Crippen molar-refractivity contribution in [3.63, 3.8) is 0 Å². The molecule has 0 atom stereocenters. The second-order valence-corrected chi connectivity index (χ2v) is 5.74. The van der Waals surface area contributed by atoms with Crippen molar-refractivity contribution in [2.45, 2.75) is 0 Å². The highest BCUT2D eigenvalue weighted by Crippen LogP contribution is 2.29. The summed E-state index contributed by atoms with van der Waals surface area (Å²) >= 11 is 6.09. The van der Waals surface area contributed by atoms with E-state index in [2.05, 4.69) is 19.9 Å². The van der Waals surface area contributed by atoms with Crippen LogP contribution in [0.15, 0.2) is 57.6 Å². The first-order valence-corrected chi connectivity index (χ1v) is 7.90. The number of rotatable bonds is 3. The van der Waals surface area contributed by atoms with Gasteiger partial charge in [-0.1, -0.05) is 28.9 Å². The Balaban J connectivity index is 2.20. The molecule has 1 heterocycles. The smallest absolute Gasteiger partial charge is 0.362 e. The summed E-state index contributed by atoms with van der Waals surface area (Å²) in [5, 5.41) is 12.6. The summed E-state index contributed by atoms with van der Waals surface area (Å²) in [6.07, 6.45) is 0. The third kappa shape index (κ3) is 3.34. The quantitative estimate of drug-likeness (QED) is 0.387. The monoisotopic (exact) mass is 373 g/mol. The lowest BCUT2D eigenvalue weighted by atomic mass is 10.0. The summed E-state index contributed by atoms with van der Waals surface area (Å²) in [4.78, 5) is 20.5. The number of esters is 1. The van der Waals surface area contributed by atoms with Crippen LogP contribution in [0.4, 0.5) is 10.1 Å². The highest BCUT2D eigenvalue weighted by atomic mass is 35.5. The molecule has 26 heavy (non-hydrogen) atoms. The van der Waals surface area contributed by atoms with E-state index in [4.69, 9.17) is 16.8 Å². The molecule has 3 rings (SSSR count). The Labute approximate surface area is 153 Å². The molecule has 0 aromatic heterocycles. The van der Waals surface area contributed by atoms with Gasteiger partial charge in [-0.3, -0.25) is 4.99 Å². The minimum atomic E-state index is -0.855. The molecular formula is C18H13ClFN3O3. The molecule has 8 heteroatoms. The molecule has 0 amide bonds. The van der Waals surface area contributed by atoms with E-state index in [9.17, 15) is 9.18 Å². The van der Waals surface area contributed by atoms with E-state index in [1.54, 1.807) is 36.4 Å². The molecule has 0 radical (unpaired) electrons. The molecule has 0 aliphatic carbocycles. The molecule has 2 aromatic carbocycles. The van der Waals surface area contributed by atoms with Crippen LogP contribution in [0, 0.1) is 5.82 Å². The SMILES string of the molecule is COC(=O)/C(=N\O)C1=Nc2ccc(Cl)cc2C(c2ccccc2F)=NC1. The molecule has 0 saturated heterocycles. The van der Waals surface area contributed by atoms with Crippen LogP contribution in [0.3, 0.4) is 0 Å². The van der Waals surface area contributed by atoms with Crippen LogP contribution in [0.2, 0.25) is 5.02 Å². The van der Waals surface area contributed by atoms with E-state index in [-0.39, 0.29) is 23.5 Å². The van der Waals surface area contributed by atoms with Crippen molar-refractivity contribution >= 4 is 40.4 Å². The van der Waals surface area contributed by atoms with Crippen LogP contribution in [0.25, 0.3) is 0 Å². The molecule has 0 bridgehead atoms. The average Bonchev–Trinajstić information content (AvgIpc) is 2.82. The topological polar surface area (TPSA) is 83.6 Å². The lowest BCUT2D eigenvalue weighted by molar-refractivity contribution is -0.132. The summed E-state index contributed by atoms with van der Waals surface area (Å²) in [6.45, 7) is -0.107. The molecule has 0 unspecified atom stereocenters. The number of benzene rings is 2. The van der Waals surface area contributed by atoms with Gasteiger partial charge in [0.1, 0.15) is 5.82 Å². The van der Waals surface area contributed by atoms with Gasteiger partial charge in [0.05, 0.1) is 30.8 Å². The van der Waals surface area contributed by atoms with Crippen molar-refractivity contribution in [1.82, 2.24) is 0 Å². The van der Waals surface area contributed by atoms with Crippen LogP contribution >= 0.6 is 11.6 Å². The van der Waals surface area contributed by atoms with Crippen LogP contribution < -0.4 is 0 Å². The number of halogens is 2. The van der Waals surface area contributed by atoms with Gasteiger partial charge in [0, 0.05) is 16.1 Å². The molecule has 0 saturated carbocycles. The van der Waals surface area contributed by atoms with Gasteiger partial charge in [0.2, 0.25) is 5.71 Å². The number of hydrogen-bond acceptors (Lipinski definition) is 6. The Morgan fingerprint density at radius 2 is 2.04 bits per heavy atom. The lowest BCUT2D eigenvalue weighted by Gasteiger charge is -2.09. The standard InChI is InChI=1S/C18H13ClFN3O3/c1-26-18(24)17(23-25)15-9-21-16(11-4-2-3-5-13(11)20)12-8-10(19)6-7-14(12)22-15/h2-8,25H,9H2,1H3/b23-17-. The molecule has 6 nitrogen and oxygen atoms in total. The van der Waals surface area contributed by atoms with E-state index < -0.39 is 11.8 Å². The number of ether oxygens (including phenoxy) is 1.